The predicted molar refractivity (Wildman–Crippen MR) is 74.0 cm³/mol. The Morgan fingerprint density at radius 3 is 2.47 bits per heavy atom. The fraction of sp³-hybridized carbons (Fsp3) is 0.154. The third-order valence-corrected chi connectivity index (χ3v) is 3.24. The molecule has 0 aliphatic rings. The van der Waals surface area contributed by atoms with Gasteiger partial charge in [-0.3, -0.25) is 4.98 Å². The van der Waals surface area contributed by atoms with Gasteiger partial charge >= 0.3 is 0 Å². The Morgan fingerprint density at radius 1 is 1.18 bits per heavy atom. The summed E-state index contributed by atoms with van der Waals surface area (Å²) in [5.41, 5.74) is 8.17. The number of hydrogen-bond acceptors (Lipinski definition) is 2. The van der Waals surface area contributed by atoms with Crippen molar-refractivity contribution in [1.29, 1.82) is 0 Å². The lowest BCUT2D eigenvalue weighted by atomic mass is 10.0. The Balaban J connectivity index is 2.08. The van der Waals surface area contributed by atoms with Gasteiger partial charge in [0, 0.05) is 33.8 Å². The number of pyridine rings is 1. The molecule has 1 heterocycles. The molecule has 0 aliphatic heterocycles. The molecule has 0 amide bonds. The molecule has 0 radical (unpaired) electrons. The molecule has 17 heavy (non-hydrogen) atoms. The minimum Gasteiger partial charge on any atom is -0.324 e. The van der Waals surface area contributed by atoms with Crippen LogP contribution < -0.4 is 5.73 Å². The van der Waals surface area contributed by atoms with Crippen LogP contribution in [0.1, 0.15) is 17.3 Å². The van der Waals surface area contributed by atoms with E-state index in [1.54, 1.807) is 6.20 Å². The van der Waals surface area contributed by atoms with E-state index in [-0.39, 0.29) is 6.04 Å². The van der Waals surface area contributed by atoms with Crippen molar-refractivity contribution in [3.05, 3.63) is 63.3 Å². The van der Waals surface area contributed by atoms with Crippen LogP contribution in [0.5, 0.6) is 0 Å². The van der Waals surface area contributed by atoms with Gasteiger partial charge in [0.2, 0.25) is 0 Å². The first-order valence-corrected chi connectivity index (χ1v) is 6.44. The zero-order chi connectivity index (χ0) is 12.3. The van der Waals surface area contributed by atoms with Gasteiger partial charge in [0.15, 0.2) is 0 Å². The van der Waals surface area contributed by atoms with E-state index in [2.05, 4.69) is 20.9 Å². The lowest BCUT2D eigenvalue weighted by Gasteiger charge is -2.11. The van der Waals surface area contributed by atoms with E-state index in [4.69, 9.17) is 17.3 Å². The maximum Gasteiger partial charge on any atom is 0.0423 e. The molecular weight excluding hydrogens is 300 g/mol. The summed E-state index contributed by atoms with van der Waals surface area (Å²) in [6, 6.07) is 11.5. The van der Waals surface area contributed by atoms with Gasteiger partial charge in [-0.05, 0) is 45.8 Å². The van der Waals surface area contributed by atoms with E-state index < -0.39 is 0 Å². The van der Waals surface area contributed by atoms with Gasteiger partial charge in [0.25, 0.3) is 0 Å². The zero-order valence-electron chi connectivity index (χ0n) is 9.11. The van der Waals surface area contributed by atoms with Gasteiger partial charge in [0.05, 0.1) is 0 Å². The topological polar surface area (TPSA) is 38.9 Å². The molecule has 0 bridgehead atoms. The van der Waals surface area contributed by atoms with E-state index >= 15 is 0 Å². The molecule has 88 valence electrons. The van der Waals surface area contributed by atoms with Crippen LogP contribution in [0.4, 0.5) is 0 Å². The average Bonchev–Trinajstić information content (AvgIpc) is 2.33. The molecule has 1 unspecified atom stereocenters. The summed E-state index contributed by atoms with van der Waals surface area (Å²) in [6.07, 6.45) is 2.50. The normalized spacial score (nSPS) is 12.4. The smallest absolute Gasteiger partial charge is 0.0423 e. The lowest BCUT2D eigenvalue weighted by molar-refractivity contribution is 0.706. The first-order chi connectivity index (χ1) is 8.15. The van der Waals surface area contributed by atoms with Crippen LogP contribution in [-0.4, -0.2) is 4.98 Å². The number of nitrogens with zero attached hydrogens (tertiary/aromatic N) is 1. The Labute approximate surface area is 114 Å². The highest BCUT2D eigenvalue weighted by molar-refractivity contribution is 9.10. The molecule has 0 spiro atoms. The minimum atomic E-state index is -0.0547. The number of nitrogens with two attached hydrogens (primary N) is 1. The molecule has 0 aliphatic carbocycles. The third-order valence-electron chi connectivity index (χ3n) is 2.52. The quantitative estimate of drug-likeness (QED) is 0.938. The number of hydrogen-bond donors (Lipinski definition) is 1. The molecule has 2 aromatic rings. The summed E-state index contributed by atoms with van der Waals surface area (Å²) in [5, 5.41) is 0.725. The average molecular weight is 312 g/mol. The Hall–Kier alpha value is -0.900. The van der Waals surface area contributed by atoms with Crippen molar-refractivity contribution in [3.8, 4) is 0 Å². The summed E-state index contributed by atoms with van der Waals surface area (Å²) >= 11 is 9.19. The number of aromatic nitrogens is 1. The largest absolute Gasteiger partial charge is 0.324 e. The van der Waals surface area contributed by atoms with E-state index in [9.17, 15) is 0 Å². The fourth-order valence-corrected chi connectivity index (χ4v) is 1.94. The van der Waals surface area contributed by atoms with Crippen LogP contribution in [0.15, 0.2) is 47.1 Å². The van der Waals surface area contributed by atoms with Crippen molar-refractivity contribution >= 4 is 27.5 Å². The molecule has 0 saturated carbocycles. The summed E-state index contributed by atoms with van der Waals surface area (Å²) in [6.45, 7) is 0. The van der Waals surface area contributed by atoms with Crippen molar-refractivity contribution < 1.29 is 0 Å². The van der Waals surface area contributed by atoms with E-state index in [0.717, 1.165) is 27.2 Å². The number of rotatable bonds is 3. The molecule has 2 rings (SSSR count). The molecule has 2 N–H and O–H groups in total. The first kappa shape index (κ1) is 12.6. The highest BCUT2D eigenvalue weighted by Crippen LogP contribution is 2.18. The van der Waals surface area contributed by atoms with Crippen LogP contribution >= 0.6 is 27.5 Å². The molecule has 1 aromatic heterocycles. The Kier molecular flexibility index (Phi) is 4.15. The van der Waals surface area contributed by atoms with Crippen LogP contribution in [0.2, 0.25) is 5.02 Å². The second-order valence-corrected chi connectivity index (χ2v) is 5.18. The second kappa shape index (κ2) is 5.63. The van der Waals surface area contributed by atoms with Gasteiger partial charge in [-0.2, -0.15) is 0 Å². The summed E-state index contributed by atoms with van der Waals surface area (Å²) < 4.78 is 0.973. The van der Waals surface area contributed by atoms with Crippen molar-refractivity contribution in [3.63, 3.8) is 0 Å². The van der Waals surface area contributed by atoms with Crippen molar-refractivity contribution in [2.24, 2.45) is 5.73 Å². The highest BCUT2D eigenvalue weighted by atomic mass is 79.9. The van der Waals surface area contributed by atoms with Gasteiger partial charge in [-0.1, -0.05) is 23.7 Å². The van der Waals surface area contributed by atoms with Gasteiger partial charge in [0.1, 0.15) is 0 Å². The molecule has 4 heteroatoms. The van der Waals surface area contributed by atoms with E-state index in [0.29, 0.717) is 0 Å². The number of benzene rings is 1. The maximum atomic E-state index is 6.12. The monoisotopic (exact) mass is 310 g/mol. The summed E-state index contributed by atoms with van der Waals surface area (Å²) in [5.74, 6) is 0. The second-order valence-electron chi connectivity index (χ2n) is 3.83. The van der Waals surface area contributed by atoms with Crippen LogP contribution in [0.25, 0.3) is 0 Å². The standard InChI is InChI=1S/C13H12BrClN2/c14-10-3-6-12(17-8-10)7-13(16)9-1-4-11(15)5-2-9/h1-6,8,13H,7,16H2. The van der Waals surface area contributed by atoms with Gasteiger partial charge in [-0.25, -0.2) is 0 Å². The first-order valence-electron chi connectivity index (χ1n) is 5.26. The molecule has 0 saturated heterocycles. The molecule has 1 atom stereocenters. The highest BCUT2D eigenvalue weighted by Gasteiger charge is 2.07. The van der Waals surface area contributed by atoms with Crippen LogP contribution in [-0.2, 0) is 6.42 Å². The molecular formula is C13H12BrClN2. The Bertz CT molecular complexity index is 482. The van der Waals surface area contributed by atoms with Crippen LogP contribution in [0.3, 0.4) is 0 Å². The van der Waals surface area contributed by atoms with Crippen molar-refractivity contribution in [1.82, 2.24) is 4.98 Å². The predicted octanol–water partition coefficient (Wildman–Crippen LogP) is 3.74. The minimum absolute atomic E-state index is 0.0547. The summed E-state index contributed by atoms with van der Waals surface area (Å²) in [4.78, 5) is 4.31. The molecule has 0 fully saturated rings. The SMILES string of the molecule is NC(Cc1ccc(Br)cn1)c1ccc(Cl)cc1. The van der Waals surface area contributed by atoms with Gasteiger partial charge in [-0.15, -0.1) is 0 Å². The van der Waals surface area contributed by atoms with E-state index in [1.807, 2.05) is 36.4 Å². The van der Waals surface area contributed by atoms with Gasteiger partial charge < -0.3 is 5.73 Å². The van der Waals surface area contributed by atoms with Crippen molar-refractivity contribution in [2.45, 2.75) is 12.5 Å². The number of halogens is 2. The molecule has 2 nitrogen and oxygen atoms in total. The fourth-order valence-electron chi connectivity index (χ4n) is 1.58. The Morgan fingerprint density at radius 2 is 1.88 bits per heavy atom. The lowest BCUT2D eigenvalue weighted by Crippen LogP contribution is -2.13. The van der Waals surface area contributed by atoms with Crippen LogP contribution in [0, 0.1) is 0 Å². The van der Waals surface area contributed by atoms with Crippen molar-refractivity contribution in [2.75, 3.05) is 0 Å². The zero-order valence-corrected chi connectivity index (χ0v) is 11.4. The summed E-state index contributed by atoms with van der Waals surface area (Å²) in [7, 11) is 0. The maximum absolute atomic E-state index is 6.12. The molecule has 1 aromatic carbocycles. The third kappa shape index (κ3) is 3.53. The van der Waals surface area contributed by atoms with E-state index in [1.165, 1.54) is 0 Å².